The van der Waals surface area contributed by atoms with Crippen molar-refractivity contribution in [1.82, 2.24) is 0 Å². The highest BCUT2D eigenvalue weighted by molar-refractivity contribution is 5.91. The minimum absolute atomic E-state index is 0.0530. The van der Waals surface area contributed by atoms with Crippen molar-refractivity contribution in [3.05, 3.63) is 11.6 Å². The summed E-state index contributed by atoms with van der Waals surface area (Å²) in [5, 5.41) is 152. The Bertz CT molecular complexity index is 2180. The Hall–Kier alpha value is -1.96. The van der Waals surface area contributed by atoms with Gasteiger partial charge in [-0.05, 0) is 84.9 Å². The standard InChI is InChI=1S/C53H84O24/c1-48(2)14-15-53(69)22(16-48)21-8-9-27-50(5)12-11-29(49(3,4)26(50)10-13-51(27,6)52(21,7)17-28(53)57)73-47-42(77-45-37(65)34(62)31(59)24(19-55)71-45)39(38(66)40(75-47)43(67)68)74-46-41(35(63)32(60)25(20-56)72-46)76-44-36(64)33(61)30(58)23(18-54)70-44/h8,22-27,29-42,44-47,54-56,58-66,69H,9-20H2,1-7H3,(H,67,68)/t22?,23-,24-,25-,26?,27?,29+,30-,31+,32+,33+,34+,35+,36-,37-,38+,39+,40+,41-,42-,44+,45+,46+,47-,50+,51-,52-,53-/m1/s1. The maximum Gasteiger partial charge on any atom is 0.335 e. The highest BCUT2D eigenvalue weighted by Crippen LogP contribution is 2.74. The van der Waals surface area contributed by atoms with Crippen LogP contribution in [0.1, 0.15) is 106 Å². The van der Waals surface area contributed by atoms with Gasteiger partial charge in [0.15, 0.2) is 37.0 Å². The van der Waals surface area contributed by atoms with Crippen molar-refractivity contribution in [2.45, 2.75) is 241 Å². The van der Waals surface area contributed by atoms with E-state index in [-0.39, 0.29) is 46.2 Å². The van der Waals surface area contributed by atoms with Gasteiger partial charge in [-0.1, -0.05) is 60.1 Å². The molecule has 3 unspecified atom stereocenters. The van der Waals surface area contributed by atoms with Gasteiger partial charge in [-0.25, -0.2) is 4.79 Å². The molecule has 0 radical (unpaired) electrons. The van der Waals surface area contributed by atoms with Crippen LogP contribution in [0.3, 0.4) is 0 Å². The van der Waals surface area contributed by atoms with E-state index < -0.39 is 171 Å². The van der Waals surface area contributed by atoms with Gasteiger partial charge in [-0.15, -0.1) is 0 Å². The molecule has 4 saturated carbocycles. The number of aliphatic carboxylic acids is 1. The first-order valence-corrected chi connectivity index (χ1v) is 27.3. The van der Waals surface area contributed by atoms with Gasteiger partial charge in [0.05, 0.1) is 25.9 Å². The Morgan fingerprint density at radius 1 is 0.584 bits per heavy atom. The van der Waals surface area contributed by atoms with Gasteiger partial charge in [0.2, 0.25) is 0 Å². The normalized spacial score (nSPS) is 53.5. The number of ether oxygens (including phenoxy) is 8. The van der Waals surface area contributed by atoms with Crippen molar-refractivity contribution in [2.24, 2.45) is 44.8 Å². The van der Waals surface area contributed by atoms with Crippen molar-refractivity contribution in [1.29, 1.82) is 0 Å². The van der Waals surface area contributed by atoms with Crippen molar-refractivity contribution >= 4 is 11.8 Å². The van der Waals surface area contributed by atoms with Crippen molar-refractivity contribution < 1.29 is 119 Å². The number of aliphatic hydroxyl groups excluding tert-OH is 12. The molecule has 8 fully saturated rings. The van der Waals surface area contributed by atoms with E-state index in [9.17, 15) is 81.1 Å². The van der Waals surface area contributed by atoms with Crippen LogP contribution in [-0.2, 0) is 47.5 Å². The fourth-order valence-electron chi connectivity index (χ4n) is 16.0. The number of aliphatic hydroxyl groups is 13. The Morgan fingerprint density at radius 3 is 1.66 bits per heavy atom. The van der Waals surface area contributed by atoms with Crippen LogP contribution in [0.2, 0.25) is 0 Å². The predicted octanol–water partition coefficient (Wildman–Crippen LogP) is -2.54. The molecule has 4 saturated heterocycles. The summed E-state index contributed by atoms with van der Waals surface area (Å²) in [5.41, 5.74) is -2.24. The molecule has 5 aliphatic carbocycles. The van der Waals surface area contributed by atoms with Crippen LogP contribution in [0.25, 0.3) is 0 Å². The molecule has 4 heterocycles. The van der Waals surface area contributed by atoms with Crippen molar-refractivity contribution in [2.75, 3.05) is 19.8 Å². The molecule has 9 rings (SSSR count). The lowest BCUT2D eigenvalue weighted by atomic mass is 9.34. The van der Waals surface area contributed by atoms with Crippen LogP contribution in [0, 0.1) is 44.8 Å². The molecule has 0 spiro atoms. The average Bonchev–Trinajstić information content (AvgIpc) is 3.51. The zero-order valence-electron chi connectivity index (χ0n) is 44.8. The summed E-state index contributed by atoms with van der Waals surface area (Å²) in [6.45, 7) is 12.6. The van der Waals surface area contributed by atoms with Crippen molar-refractivity contribution in [3.8, 4) is 0 Å². The summed E-state index contributed by atoms with van der Waals surface area (Å²) in [7, 11) is 0. The molecule has 0 amide bonds. The van der Waals surface area contributed by atoms with Gasteiger partial charge in [-0.2, -0.15) is 0 Å². The second-order valence-corrected chi connectivity index (χ2v) is 25.9. The molecular weight excluding hydrogens is 1020 g/mol. The maximum absolute atomic E-state index is 14.3. The number of rotatable bonds is 12. The minimum atomic E-state index is -2.28. The number of carbonyl (C=O) groups excluding carboxylic acids is 1. The molecule has 9 aliphatic rings. The number of hydrogen-bond acceptors (Lipinski definition) is 23. The van der Waals surface area contributed by atoms with Crippen LogP contribution in [0.5, 0.6) is 0 Å². The highest BCUT2D eigenvalue weighted by atomic mass is 16.8. The third-order valence-electron chi connectivity index (χ3n) is 20.8. The lowest BCUT2D eigenvalue weighted by molar-refractivity contribution is -0.407. The predicted molar refractivity (Wildman–Crippen MR) is 259 cm³/mol. The third kappa shape index (κ3) is 9.70. The second kappa shape index (κ2) is 21.3. The lowest BCUT2D eigenvalue weighted by Crippen LogP contribution is -2.69. The van der Waals surface area contributed by atoms with E-state index in [1.165, 1.54) is 5.57 Å². The summed E-state index contributed by atoms with van der Waals surface area (Å²) in [5.74, 6) is -2.07. The summed E-state index contributed by atoms with van der Waals surface area (Å²) >= 11 is 0. The summed E-state index contributed by atoms with van der Waals surface area (Å²) in [6, 6.07) is 0. The first-order chi connectivity index (χ1) is 35.9. The molecule has 28 atom stereocenters. The van der Waals surface area contributed by atoms with E-state index >= 15 is 0 Å². The molecule has 0 bridgehead atoms. The smallest absolute Gasteiger partial charge is 0.335 e. The van der Waals surface area contributed by atoms with Gasteiger partial charge < -0.3 is 109 Å². The molecule has 0 aromatic rings. The number of carbonyl (C=O) groups is 2. The summed E-state index contributed by atoms with van der Waals surface area (Å²) in [4.78, 5) is 27.4. The Labute approximate surface area is 446 Å². The van der Waals surface area contributed by atoms with E-state index in [0.717, 1.165) is 19.3 Å². The molecule has 77 heavy (non-hydrogen) atoms. The zero-order valence-corrected chi connectivity index (χ0v) is 44.8. The highest BCUT2D eigenvalue weighted by Gasteiger charge is 2.71. The van der Waals surface area contributed by atoms with E-state index in [1.807, 2.05) is 13.8 Å². The van der Waals surface area contributed by atoms with Crippen LogP contribution in [-0.4, -0.2) is 238 Å². The topological polar surface area (TPSA) is 391 Å². The molecule has 4 aliphatic heterocycles. The number of ketones is 1. The average molecular weight is 1110 g/mol. The first kappa shape index (κ1) is 59.7. The number of carboxylic acid groups (broad SMARTS) is 1. The minimum Gasteiger partial charge on any atom is -0.479 e. The third-order valence-corrected chi connectivity index (χ3v) is 20.8. The van der Waals surface area contributed by atoms with Crippen molar-refractivity contribution in [3.63, 3.8) is 0 Å². The lowest BCUT2D eigenvalue weighted by Gasteiger charge is -2.71. The Balaban J connectivity index is 1.05. The van der Waals surface area contributed by atoms with Crippen LogP contribution in [0.15, 0.2) is 11.6 Å². The maximum atomic E-state index is 14.3. The molecule has 24 heteroatoms. The van der Waals surface area contributed by atoms with E-state index in [2.05, 4.69) is 40.7 Å². The fourth-order valence-corrected chi connectivity index (χ4v) is 16.0. The van der Waals surface area contributed by atoms with Gasteiger partial charge in [0, 0.05) is 17.8 Å². The second-order valence-electron chi connectivity index (χ2n) is 25.9. The van der Waals surface area contributed by atoms with Crippen LogP contribution >= 0.6 is 0 Å². The Kier molecular flexibility index (Phi) is 16.5. The monoisotopic (exact) mass is 1100 g/mol. The molecule has 14 N–H and O–H groups in total. The molecule has 0 aromatic heterocycles. The number of fused-ring (bicyclic) bond motifs is 7. The van der Waals surface area contributed by atoms with Gasteiger partial charge >= 0.3 is 5.97 Å². The number of hydrogen-bond donors (Lipinski definition) is 14. The molecule has 0 aromatic carbocycles. The van der Waals surface area contributed by atoms with Gasteiger partial charge in [0.25, 0.3) is 0 Å². The SMILES string of the molecule is CC1(C)CC[C@]2(O)C(=O)C[C@]3(C)C(=CCC4[C@@]5(C)CC[C@H](O[C@@H]6O[C@H](C(=O)O)[C@@H](O)[C@H](O[C@@H]7O[C@H](CO)[C@H](O)[C@H](O)[C@H]7O[C@@H]7O[C@H](CO)[C@@H](O)[C@H](O)[C@H]7O)[C@H]6O[C@@H]6O[C@H](CO)[C@H](O)[C@H](O)[C@H]6O)C(C)(C)C5CC[C@]43C)C2C1. The zero-order chi connectivity index (χ0) is 56.4. The number of Topliss-reactive ketones (excluding diaryl/α,β-unsaturated/α-hetero) is 1. The molecule has 24 nitrogen and oxygen atoms in total. The summed E-state index contributed by atoms with van der Waals surface area (Å²) in [6.07, 6.45) is -32.2. The quantitative estimate of drug-likeness (QED) is 0.0707. The number of allylic oxidation sites excluding steroid dienone is 1. The fraction of sp³-hybridized carbons (Fsp3) is 0.925. The van der Waals surface area contributed by atoms with E-state index in [1.54, 1.807) is 0 Å². The summed E-state index contributed by atoms with van der Waals surface area (Å²) < 4.78 is 48.7. The van der Waals surface area contributed by atoms with Gasteiger partial charge in [-0.3, -0.25) is 4.79 Å². The van der Waals surface area contributed by atoms with E-state index in [4.69, 9.17) is 37.9 Å². The molecular formula is C53H84O24. The number of carboxylic acids is 1. The van der Waals surface area contributed by atoms with Gasteiger partial charge in [0.1, 0.15) is 97.2 Å². The largest absolute Gasteiger partial charge is 0.479 e. The van der Waals surface area contributed by atoms with E-state index in [0.29, 0.717) is 32.1 Å². The first-order valence-electron chi connectivity index (χ1n) is 27.3. The molecule has 440 valence electrons. The van der Waals surface area contributed by atoms with Crippen LogP contribution in [0.4, 0.5) is 0 Å². The Morgan fingerprint density at radius 2 is 1.10 bits per heavy atom. The van der Waals surface area contributed by atoms with Crippen LogP contribution < -0.4 is 0 Å².